The minimum atomic E-state index is -5.16. The molecule has 0 N–H and O–H groups in total. The van der Waals surface area contributed by atoms with Gasteiger partial charge in [-0.2, -0.15) is 13.2 Å². The number of alkyl halides is 6. The fourth-order valence-electron chi connectivity index (χ4n) is 1.25. The Morgan fingerprint density at radius 2 is 1.86 bits per heavy atom. The second-order valence-corrected chi connectivity index (χ2v) is 4.42. The van der Waals surface area contributed by atoms with E-state index in [0.29, 0.717) is 6.07 Å². The highest BCUT2D eigenvalue weighted by Crippen LogP contribution is 2.38. The van der Waals surface area contributed by atoms with Crippen molar-refractivity contribution < 1.29 is 40.6 Å². The van der Waals surface area contributed by atoms with Gasteiger partial charge in [0.05, 0.1) is 23.7 Å². The molecule has 0 aliphatic heterocycles. The molecule has 21 heavy (non-hydrogen) atoms. The molecule has 0 saturated heterocycles. The molecule has 11 heteroatoms. The number of hydrogen-bond acceptors (Lipinski definition) is 4. The van der Waals surface area contributed by atoms with Gasteiger partial charge < -0.3 is 9.47 Å². The summed E-state index contributed by atoms with van der Waals surface area (Å²) in [4.78, 5) is 14.1. The number of esters is 1. The number of nitrogens with zero attached hydrogens (tertiary/aromatic N) is 1. The zero-order valence-corrected chi connectivity index (χ0v) is 11.7. The van der Waals surface area contributed by atoms with E-state index in [1.54, 1.807) is 0 Å². The van der Waals surface area contributed by atoms with Crippen molar-refractivity contribution in [3.05, 3.63) is 21.9 Å². The molecule has 0 atom stereocenters. The summed E-state index contributed by atoms with van der Waals surface area (Å²) < 4.78 is 81.6. The molecule has 0 aromatic carbocycles. The smallest absolute Gasteiger partial charge is 0.469 e. The number of rotatable bonds is 3. The van der Waals surface area contributed by atoms with Crippen molar-refractivity contribution in [3.63, 3.8) is 0 Å². The van der Waals surface area contributed by atoms with Crippen LogP contribution in [0.3, 0.4) is 0 Å². The first-order valence-electron chi connectivity index (χ1n) is 5.03. The molecule has 118 valence electrons. The SMILES string of the molecule is COC(=O)Cc1nc(C(F)(F)F)cc(Br)c1OC(F)(F)F. The van der Waals surface area contributed by atoms with Gasteiger partial charge in [-0.3, -0.25) is 4.79 Å². The van der Waals surface area contributed by atoms with E-state index < -0.39 is 46.5 Å². The van der Waals surface area contributed by atoms with Gasteiger partial charge in [0.2, 0.25) is 0 Å². The molecule has 1 aromatic rings. The normalized spacial score (nSPS) is 12.2. The Morgan fingerprint density at radius 3 is 2.29 bits per heavy atom. The molecule has 0 radical (unpaired) electrons. The third-order valence-corrected chi connectivity index (χ3v) is 2.63. The molecule has 0 spiro atoms. The van der Waals surface area contributed by atoms with Crippen LogP contribution in [-0.2, 0) is 22.1 Å². The summed E-state index contributed by atoms with van der Waals surface area (Å²) in [6.45, 7) is 0. The van der Waals surface area contributed by atoms with E-state index >= 15 is 0 Å². The fourth-order valence-corrected chi connectivity index (χ4v) is 1.78. The molecular weight excluding hydrogens is 376 g/mol. The van der Waals surface area contributed by atoms with Crippen molar-refractivity contribution in [3.8, 4) is 5.75 Å². The van der Waals surface area contributed by atoms with Crippen molar-refractivity contribution in [2.45, 2.75) is 19.0 Å². The first-order valence-corrected chi connectivity index (χ1v) is 5.82. The second-order valence-electron chi connectivity index (χ2n) is 3.56. The molecule has 0 unspecified atom stereocenters. The maximum atomic E-state index is 12.6. The van der Waals surface area contributed by atoms with Crippen molar-refractivity contribution >= 4 is 21.9 Å². The molecule has 0 fully saturated rings. The third-order valence-electron chi connectivity index (χ3n) is 2.05. The van der Waals surface area contributed by atoms with E-state index in [4.69, 9.17) is 0 Å². The highest BCUT2D eigenvalue weighted by molar-refractivity contribution is 9.10. The molecule has 0 aliphatic rings. The van der Waals surface area contributed by atoms with Crippen LogP contribution in [0.1, 0.15) is 11.4 Å². The summed E-state index contributed by atoms with van der Waals surface area (Å²) in [6, 6.07) is 0.321. The van der Waals surface area contributed by atoms with Crippen LogP contribution in [0.15, 0.2) is 10.5 Å². The number of carbonyl (C=O) groups excluding carboxylic acids is 1. The van der Waals surface area contributed by atoms with E-state index in [1.807, 2.05) is 0 Å². The number of carbonyl (C=O) groups is 1. The molecule has 1 rings (SSSR count). The lowest BCUT2D eigenvalue weighted by atomic mass is 10.2. The zero-order valence-electron chi connectivity index (χ0n) is 10.1. The highest BCUT2D eigenvalue weighted by Gasteiger charge is 2.38. The Kier molecular flexibility index (Phi) is 5.07. The number of pyridine rings is 1. The monoisotopic (exact) mass is 381 g/mol. The summed E-state index contributed by atoms with van der Waals surface area (Å²) in [6.07, 6.45) is -11.0. The molecule has 0 aliphatic carbocycles. The zero-order chi connectivity index (χ0) is 16.4. The van der Waals surface area contributed by atoms with Crippen molar-refractivity contribution in [2.24, 2.45) is 0 Å². The van der Waals surface area contributed by atoms with Gasteiger partial charge in [0.25, 0.3) is 0 Å². The summed E-state index contributed by atoms with van der Waals surface area (Å²) in [5.41, 5.74) is -2.32. The van der Waals surface area contributed by atoms with Crippen molar-refractivity contribution in [1.82, 2.24) is 4.98 Å². The van der Waals surface area contributed by atoms with Crippen molar-refractivity contribution in [2.75, 3.05) is 7.11 Å². The quantitative estimate of drug-likeness (QED) is 0.594. The molecule has 4 nitrogen and oxygen atoms in total. The van der Waals surface area contributed by atoms with E-state index in [0.717, 1.165) is 7.11 Å². The minimum absolute atomic E-state index is 0.321. The van der Waals surface area contributed by atoms with Gasteiger partial charge in [-0.05, 0) is 22.0 Å². The Hall–Kier alpha value is -1.52. The lowest BCUT2D eigenvalue weighted by Gasteiger charge is -2.16. The number of hydrogen-bond donors (Lipinski definition) is 0. The lowest BCUT2D eigenvalue weighted by molar-refractivity contribution is -0.275. The predicted octanol–water partition coefficient (Wildman–Crippen LogP) is 3.48. The van der Waals surface area contributed by atoms with E-state index in [2.05, 4.69) is 30.4 Å². The highest BCUT2D eigenvalue weighted by atomic mass is 79.9. The minimum Gasteiger partial charge on any atom is -0.469 e. The van der Waals surface area contributed by atoms with Gasteiger partial charge in [0.1, 0.15) is 5.69 Å². The van der Waals surface area contributed by atoms with Crippen LogP contribution in [0.25, 0.3) is 0 Å². The van der Waals surface area contributed by atoms with Gasteiger partial charge in [0, 0.05) is 0 Å². The second kappa shape index (κ2) is 6.08. The molecule has 0 saturated carbocycles. The number of methoxy groups -OCH3 is 1. The molecule has 0 amide bonds. The topological polar surface area (TPSA) is 48.4 Å². The average molecular weight is 382 g/mol. The average Bonchev–Trinajstić information content (AvgIpc) is 2.30. The Morgan fingerprint density at radius 1 is 1.29 bits per heavy atom. The molecular formula is C10H6BrF6NO3. The van der Waals surface area contributed by atoms with E-state index in [-0.39, 0.29) is 0 Å². The van der Waals surface area contributed by atoms with Crippen LogP contribution in [0.4, 0.5) is 26.3 Å². The van der Waals surface area contributed by atoms with Gasteiger partial charge in [0.15, 0.2) is 5.75 Å². The molecule has 1 heterocycles. The molecule has 1 aromatic heterocycles. The first-order chi connectivity index (χ1) is 9.44. The number of ether oxygens (including phenoxy) is 2. The number of aromatic nitrogens is 1. The fraction of sp³-hybridized carbons (Fsp3) is 0.400. The predicted molar refractivity (Wildman–Crippen MR) is 59.3 cm³/mol. The van der Waals surface area contributed by atoms with Crippen LogP contribution in [-0.4, -0.2) is 24.4 Å². The summed E-state index contributed by atoms with van der Waals surface area (Å²) in [5, 5.41) is 0. The summed E-state index contributed by atoms with van der Waals surface area (Å²) in [7, 11) is 0.926. The third kappa shape index (κ3) is 5.06. The maximum absolute atomic E-state index is 12.6. The van der Waals surface area contributed by atoms with Gasteiger partial charge in [-0.25, -0.2) is 4.98 Å². The van der Waals surface area contributed by atoms with Crippen LogP contribution < -0.4 is 4.74 Å². The van der Waals surface area contributed by atoms with Gasteiger partial charge in [-0.1, -0.05) is 0 Å². The number of halogens is 7. The Labute approximate surface area is 122 Å². The Bertz CT molecular complexity index is 543. The Balaban J connectivity index is 3.37. The van der Waals surface area contributed by atoms with Crippen LogP contribution in [0.5, 0.6) is 5.75 Å². The van der Waals surface area contributed by atoms with Crippen LogP contribution in [0, 0.1) is 0 Å². The van der Waals surface area contributed by atoms with Crippen LogP contribution in [0.2, 0.25) is 0 Å². The molecule has 0 bridgehead atoms. The standard InChI is InChI=1S/C10H6BrF6NO3/c1-20-7(19)3-5-8(21-10(15,16)17)4(11)2-6(18-5)9(12,13)14/h2H,3H2,1H3. The first kappa shape index (κ1) is 17.5. The van der Waals surface area contributed by atoms with Gasteiger partial charge in [-0.15, -0.1) is 13.2 Å². The summed E-state index contributed by atoms with van der Waals surface area (Å²) in [5.74, 6) is -2.10. The van der Waals surface area contributed by atoms with E-state index in [1.165, 1.54) is 0 Å². The van der Waals surface area contributed by atoms with E-state index in [9.17, 15) is 31.1 Å². The van der Waals surface area contributed by atoms with Crippen LogP contribution >= 0.6 is 15.9 Å². The van der Waals surface area contributed by atoms with Gasteiger partial charge >= 0.3 is 18.5 Å². The largest absolute Gasteiger partial charge is 0.573 e. The van der Waals surface area contributed by atoms with Crippen molar-refractivity contribution in [1.29, 1.82) is 0 Å². The lowest BCUT2D eigenvalue weighted by Crippen LogP contribution is -2.21. The maximum Gasteiger partial charge on any atom is 0.573 e. The summed E-state index contributed by atoms with van der Waals surface area (Å²) >= 11 is 2.54.